The number of piperidine rings is 1. The number of aryl methyl sites for hydroxylation is 1. The molecule has 0 radical (unpaired) electrons. The molecule has 6 heteroatoms. The van der Waals surface area contributed by atoms with Crippen LogP contribution in [0, 0.1) is 12.3 Å². The molecule has 2 rings (SSSR count). The second-order valence-electron chi connectivity index (χ2n) is 3.94. The normalized spacial score (nSPS) is 15.7. The number of aromatic nitrogens is 2. The lowest BCUT2D eigenvalue weighted by Gasteiger charge is -2.27. The van der Waals surface area contributed by atoms with Crippen molar-refractivity contribution in [1.82, 2.24) is 9.71 Å². The van der Waals surface area contributed by atoms with Gasteiger partial charge in [0, 0.05) is 19.2 Å². The van der Waals surface area contributed by atoms with Crippen LogP contribution in [0.1, 0.15) is 25.0 Å². The third kappa shape index (κ3) is 2.47. The van der Waals surface area contributed by atoms with Crippen molar-refractivity contribution < 1.29 is 5.21 Å². The van der Waals surface area contributed by atoms with Crippen LogP contribution in [-0.4, -0.2) is 28.0 Å². The van der Waals surface area contributed by atoms with E-state index in [2.05, 4.69) is 9.88 Å². The van der Waals surface area contributed by atoms with Crippen molar-refractivity contribution in [2.45, 2.75) is 26.2 Å². The minimum absolute atomic E-state index is 0. The molecule has 1 aliphatic heterocycles. The fourth-order valence-corrected chi connectivity index (χ4v) is 1.89. The van der Waals surface area contributed by atoms with Gasteiger partial charge in [0.25, 0.3) is 5.62 Å². The lowest BCUT2D eigenvalue weighted by molar-refractivity contribution is 0.158. The van der Waals surface area contributed by atoms with Gasteiger partial charge in [-0.25, -0.2) is 0 Å². The van der Waals surface area contributed by atoms with E-state index in [9.17, 15) is 5.21 Å². The molecule has 0 aromatic carbocycles. The smallest absolute Gasteiger partial charge is 0.257 e. The molecule has 2 N–H and O–H groups in total. The van der Waals surface area contributed by atoms with Gasteiger partial charge >= 0.3 is 0 Å². The number of nitrogens with zero attached hydrogens (tertiary/aromatic N) is 3. The van der Waals surface area contributed by atoms with E-state index in [-0.39, 0.29) is 18.0 Å². The van der Waals surface area contributed by atoms with Crippen molar-refractivity contribution in [3.8, 4) is 0 Å². The monoisotopic (exact) mass is 244 g/mol. The highest BCUT2D eigenvalue weighted by Crippen LogP contribution is 2.16. The summed E-state index contributed by atoms with van der Waals surface area (Å²) in [6.45, 7) is 3.77. The zero-order valence-corrected chi connectivity index (χ0v) is 10.1. The van der Waals surface area contributed by atoms with Crippen molar-refractivity contribution in [3.63, 3.8) is 0 Å². The first-order chi connectivity index (χ1) is 7.18. The Balaban J connectivity index is 0.00000128. The summed E-state index contributed by atoms with van der Waals surface area (Å²) in [5.41, 5.74) is 0.547. The zero-order valence-electron chi connectivity index (χ0n) is 9.31. The Morgan fingerprint density at radius 1 is 1.31 bits per heavy atom. The van der Waals surface area contributed by atoms with Gasteiger partial charge in [-0.05, 0) is 26.2 Å². The molecular formula is C10H17ClN4O. The molecule has 1 saturated heterocycles. The van der Waals surface area contributed by atoms with Gasteiger partial charge in [0.2, 0.25) is 0 Å². The molecule has 2 heterocycles. The lowest BCUT2D eigenvalue weighted by Crippen LogP contribution is -2.33. The standard InChI is InChI=1S/C10H16N4O.ClH/c1-8-7-9(12-10(11)14(8)15)13-5-3-2-4-6-13;/h7,11,15H,2-6H2,1H3;1H. The fraction of sp³-hybridized carbons (Fsp3) is 0.600. The molecule has 90 valence electrons. The molecule has 0 bridgehead atoms. The molecule has 0 amide bonds. The third-order valence-corrected chi connectivity index (χ3v) is 2.77. The van der Waals surface area contributed by atoms with Crippen LogP contribution in [-0.2, 0) is 0 Å². The number of nitrogens with one attached hydrogen (secondary N) is 1. The van der Waals surface area contributed by atoms with Crippen LogP contribution in [0.3, 0.4) is 0 Å². The van der Waals surface area contributed by atoms with Crippen molar-refractivity contribution in [2.75, 3.05) is 18.0 Å². The van der Waals surface area contributed by atoms with Crippen LogP contribution in [0.5, 0.6) is 0 Å². The van der Waals surface area contributed by atoms with E-state index < -0.39 is 0 Å². The number of hydrogen-bond donors (Lipinski definition) is 2. The summed E-state index contributed by atoms with van der Waals surface area (Å²) in [6, 6.07) is 1.82. The molecule has 1 fully saturated rings. The maximum Gasteiger partial charge on any atom is 0.257 e. The molecule has 0 atom stereocenters. The predicted octanol–water partition coefficient (Wildman–Crippen LogP) is 1.32. The Morgan fingerprint density at radius 2 is 1.94 bits per heavy atom. The van der Waals surface area contributed by atoms with Crippen LogP contribution >= 0.6 is 12.4 Å². The van der Waals surface area contributed by atoms with E-state index in [1.165, 1.54) is 19.3 Å². The van der Waals surface area contributed by atoms with Crippen LogP contribution in [0.2, 0.25) is 0 Å². The SMILES string of the molecule is Cc1cc(N2CCCCC2)nc(=N)n1O.Cl. The highest BCUT2D eigenvalue weighted by molar-refractivity contribution is 5.85. The molecule has 16 heavy (non-hydrogen) atoms. The van der Waals surface area contributed by atoms with Gasteiger partial charge in [0.1, 0.15) is 5.82 Å². The summed E-state index contributed by atoms with van der Waals surface area (Å²) in [5, 5.41) is 16.9. The van der Waals surface area contributed by atoms with E-state index in [1.54, 1.807) is 6.92 Å². The van der Waals surface area contributed by atoms with Gasteiger partial charge < -0.3 is 10.1 Å². The second-order valence-corrected chi connectivity index (χ2v) is 3.94. The van der Waals surface area contributed by atoms with E-state index in [1.807, 2.05) is 6.07 Å². The molecule has 1 aromatic rings. The summed E-state index contributed by atoms with van der Waals surface area (Å²) in [6.07, 6.45) is 3.64. The minimum atomic E-state index is -0.101. The molecule has 0 unspecified atom stereocenters. The first-order valence-electron chi connectivity index (χ1n) is 5.28. The van der Waals surface area contributed by atoms with E-state index >= 15 is 0 Å². The Labute approximate surface area is 101 Å². The van der Waals surface area contributed by atoms with Crippen LogP contribution in [0.25, 0.3) is 0 Å². The number of anilines is 1. The maximum absolute atomic E-state index is 9.38. The second kappa shape index (κ2) is 5.21. The van der Waals surface area contributed by atoms with Gasteiger partial charge in [-0.1, -0.05) is 0 Å². The lowest BCUT2D eigenvalue weighted by atomic mass is 10.1. The number of hydrogen-bond acceptors (Lipinski definition) is 4. The van der Waals surface area contributed by atoms with Crippen molar-refractivity contribution in [3.05, 3.63) is 17.4 Å². The van der Waals surface area contributed by atoms with E-state index in [4.69, 9.17) is 5.41 Å². The van der Waals surface area contributed by atoms with Gasteiger partial charge in [0.05, 0.1) is 5.69 Å². The number of rotatable bonds is 1. The van der Waals surface area contributed by atoms with Crippen molar-refractivity contribution in [1.29, 1.82) is 5.41 Å². The molecule has 0 spiro atoms. The topological polar surface area (TPSA) is 65.1 Å². The summed E-state index contributed by atoms with van der Waals surface area (Å²) in [7, 11) is 0. The third-order valence-electron chi connectivity index (χ3n) is 2.77. The fourth-order valence-electron chi connectivity index (χ4n) is 1.89. The summed E-state index contributed by atoms with van der Waals surface area (Å²) < 4.78 is 0.799. The summed E-state index contributed by atoms with van der Waals surface area (Å²) in [5.74, 6) is 0.808. The first-order valence-corrected chi connectivity index (χ1v) is 5.28. The van der Waals surface area contributed by atoms with Gasteiger partial charge in [-0.3, -0.25) is 5.41 Å². The molecular weight excluding hydrogens is 228 g/mol. The Morgan fingerprint density at radius 3 is 2.50 bits per heavy atom. The predicted molar refractivity (Wildman–Crippen MR) is 63.3 cm³/mol. The largest absolute Gasteiger partial charge is 0.425 e. The Hall–Kier alpha value is -1.23. The quantitative estimate of drug-likeness (QED) is 0.733. The molecule has 1 aromatic heterocycles. The molecule has 0 aliphatic carbocycles. The average molecular weight is 245 g/mol. The molecule has 0 saturated carbocycles. The Kier molecular flexibility index (Phi) is 4.18. The van der Waals surface area contributed by atoms with Gasteiger partial charge in [-0.15, -0.1) is 12.4 Å². The molecule has 1 aliphatic rings. The van der Waals surface area contributed by atoms with E-state index in [0.717, 1.165) is 23.6 Å². The summed E-state index contributed by atoms with van der Waals surface area (Å²) in [4.78, 5) is 6.24. The summed E-state index contributed by atoms with van der Waals surface area (Å²) >= 11 is 0. The van der Waals surface area contributed by atoms with E-state index in [0.29, 0.717) is 5.69 Å². The van der Waals surface area contributed by atoms with Gasteiger partial charge in [0.15, 0.2) is 0 Å². The first kappa shape index (κ1) is 12.8. The highest BCUT2D eigenvalue weighted by atomic mass is 35.5. The molecule has 5 nitrogen and oxygen atoms in total. The van der Waals surface area contributed by atoms with Crippen molar-refractivity contribution >= 4 is 18.2 Å². The van der Waals surface area contributed by atoms with Crippen molar-refractivity contribution in [2.24, 2.45) is 0 Å². The Bertz CT molecular complexity index is 412. The highest BCUT2D eigenvalue weighted by Gasteiger charge is 2.13. The maximum atomic E-state index is 9.38. The van der Waals surface area contributed by atoms with Crippen LogP contribution < -0.4 is 10.5 Å². The average Bonchev–Trinajstić information content (AvgIpc) is 2.26. The zero-order chi connectivity index (χ0) is 10.8. The minimum Gasteiger partial charge on any atom is -0.425 e. The van der Waals surface area contributed by atoms with Crippen LogP contribution in [0.15, 0.2) is 6.07 Å². The van der Waals surface area contributed by atoms with Crippen LogP contribution in [0.4, 0.5) is 5.82 Å². The number of halogens is 1. The van der Waals surface area contributed by atoms with Gasteiger partial charge in [-0.2, -0.15) is 9.71 Å².